The maximum Gasteiger partial charge on any atom is 0.311 e. The van der Waals surface area contributed by atoms with Gasteiger partial charge in [-0.2, -0.15) is 0 Å². The van der Waals surface area contributed by atoms with Gasteiger partial charge in [-0.15, -0.1) is 0 Å². The number of hydroxylamine groups is 2. The van der Waals surface area contributed by atoms with Gasteiger partial charge in [0.05, 0.1) is 0 Å². The van der Waals surface area contributed by atoms with E-state index in [2.05, 4.69) is 38.1 Å². The summed E-state index contributed by atoms with van der Waals surface area (Å²) in [4.78, 5) is 32.0. The molecule has 36 heavy (non-hydrogen) atoms. The van der Waals surface area contributed by atoms with Gasteiger partial charge in [-0.3, -0.25) is 14.4 Å². The third-order valence-corrected chi connectivity index (χ3v) is 6.16. The zero-order chi connectivity index (χ0) is 26.1. The van der Waals surface area contributed by atoms with Crippen LogP contribution in [0.1, 0.15) is 72.3 Å². The number of ether oxygens (including phenoxy) is 1. The molecule has 3 rings (SSSR count). The monoisotopic (exact) mass is 487 g/mol. The number of amides is 1. The first-order chi connectivity index (χ1) is 17.2. The van der Waals surface area contributed by atoms with Gasteiger partial charge in [0.1, 0.15) is 11.9 Å². The Bertz CT molecular complexity index is 1140. The second-order valence-corrected chi connectivity index (χ2v) is 9.63. The summed E-state index contributed by atoms with van der Waals surface area (Å²) in [6.45, 7) is 10.5. The van der Waals surface area contributed by atoms with E-state index in [0.29, 0.717) is 23.7 Å². The number of carbonyl (C=O) groups is 2. The van der Waals surface area contributed by atoms with Crippen molar-refractivity contribution in [3.05, 3.63) is 101 Å². The van der Waals surface area contributed by atoms with E-state index in [0.717, 1.165) is 23.1 Å². The van der Waals surface area contributed by atoms with E-state index in [1.54, 1.807) is 12.1 Å². The number of hydrogen-bond donors (Lipinski definition) is 0. The molecule has 0 aliphatic carbocycles. The minimum atomic E-state index is -0.339. The van der Waals surface area contributed by atoms with Crippen LogP contribution in [0.5, 0.6) is 5.75 Å². The number of rotatable bonds is 11. The van der Waals surface area contributed by atoms with Crippen molar-refractivity contribution in [1.82, 2.24) is 5.06 Å². The summed E-state index contributed by atoms with van der Waals surface area (Å²) in [5.41, 5.74) is 4.83. The number of esters is 1. The van der Waals surface area contributed by atoms with Crippen LogP contribution in [0.3, 0.4) is 0 Å². The number of benzene rings is 3. The number of aryl methyl sites for hydroxylation is 1. The summed E-state index contributed by atoms with van der Waals surface area (Å²) in [6.07, 6.45) is 1.28. The maximum absolute atomic E-state index is 13.5. The number of carbonyl (C=O) groups excluding carboxylic acids is 2. The molecule has 0 spiro atoms. The van der Waals surface area contributed by atoms with Crippen molar-refractivity contribution in [1.29, 1.82) is 0 Å². The lowest BCUT2D eigenvalue weighted by atomic mass is 10.0. The van der Waals surface area contributed by atoms with E-state index in [4.69, 9.17) is 9.57 Å². The van der Waals surface area contributed by atoms with Gasteiger partial charge in [0.25, 0.3) is 5.91 Å². The highest BCUT2D eigenvalue weighted by atomic mass is 16.7. The van der Waals surface area contributed by atoms with Crippen molar-refractivity contribution in [2.24, 2.45) is 5.92 Å². The Balaban J connectivity index is 1.70. The fraction of sp³-hybridized carbons (Fsp3) is 0.355. The molecule has 0 aromatic heterocycles. The molecule has 0 N–H and O–H groups in total. The van der Waals surface area contributed by atoms with E-state index in [1.165, 1.54) is 10.6 Å². The fourth-order valence-electron chi connectivity index (χ4n) is 4.01. The number of hydrogen-bond acceptors (Lipinski definition) is 4. The summed E-state index contributed by atoms with van der Waals surface area (Å²) in [5, 5.41) is 1.39. The highest BCUT2D eigenvalue weighted by Crippen LogP contribution is 2.23. The van der Waals surface area contributed by atoms with Crippen LogP contribution in [-0.2, 0) is 16.1 Å². The van der Waals surface area contributed by atoms with Crippen molar-refractivity contribution in [2.45, 2.75) is 60.0 Å². The lowest BCUT2D eigenvalue weighted by Crippen LogP contribution is -2.34. The third-order valence-electron chi connectivity index (χ3n) is 6.16. The van der Waals surface area contributed by atoms with Crippen molar-refractivity contribution < 1.29 is 19.2 Å². The summed E-state index contributed by atoms with van der Waals surface area (Å²) >= 11 is 0. The molecule has 5 nitrogen and oxygen atoms in total. The van der Waals surface area contributed by atoms with Gasteiger partial charge in [-0.1, -0.05) is 68.4 Å². The Morgan fingerprint density at radius 1 is 0.861 bits per heavy atom. The normalized spacial score (nSPS) is 11.8. The first kappa shape index (κ1) is 27.2. The minimum absolute atomic E-state index is 0.174. The second kappa shape index (κ2) is 13.0. The van der Waals surface area contributed by atoms with Gasteiger partial charge in [0.2, 0.25) is 0 Å². The van der Waals surface area contributed by atoms with Crippen molar-refractivity contribution in [3.63, 3.8) is 0 Å². The molecule has 0 radical (unpaired) electrons. The quantitative estimate of drug-likeness (QED) is 0.166. The van der Waals surface area contributed by atoms with Gasteiger partial charge >= 0.3 is 5.97 Å². The molecule has 1 unspecified atom stereocenters. The standard InChI is InChI=1S/C31H37NO4/c1-22(2)21-26-16-18-27(19-17-26)25(5)36-32(31(34)29-14-9-11-23(3)24(29)4)20-10-15-30(33)35-28-12-7-6-8-13-28/h6-9,11-14,16-19,22,25H,10,15,20-21H2,1-5H3. The number of para-hydroxylation sites is 1. The highest BCUT2D eigenvalue weighted by Gasteiger charge is 2.22. The Hall–Kier alpha value is -3.44. The van der Waals surface area contributed by atoms with Gasteiger partial charge < -0.3 is 4.74 Å². The molecule has 190 valence electrons. The van der Waals surface area contributed by atoms with E-state index in [1.807, 2.05) is 57.2 Å². The molecule has 0 bridgehead atoms. The summed E-state index contributed by atoms with van der Waals surface area (Å²) < 4.78 is 5.38. The summed E-state index contributed by atoms with van der Waals surface area (Å²) in [7, 11) is 0. The third kappa shape index (κ3) is 7.79. The van der Waals surface area contributed by atoms with E-state index < -0.39 is 0 Å². The average Bonchev–Trinajstić information content (AvgIpc) is 2.85. The van der Waals surface area contributed by atoms with Gasteiger partial charge in [0, 0.05) is 18.5 Å². The minimum Gasteiger partial charge on any atom is -0.427 e. The topological polar surface area (TPSA) is 55.8 Å². The van der Waals surface area contributed by atoms with Crippen LogP contribution in [0.25, 0.3) is 0 Å². The molecule has 0 aliphatic rings. The molecule has 3 aromatic carbocycles. The summed E-state index contributed by atoms with van der Waals surface area (Å²) in [5.74, 6) is 0.547. The fourth-order valence-corrected chi connectivity index (χ4v) is 4.01. The first-order valence-electron chi connectivity index (χ1n) is 12.6. The number of nitrogens with zero attached hydrogens (tertiary/aromatic N) is 1. The van der Waals surface area contributed by atoms with Crippen LogP contribution in [0.4, 0.5) is 0 Å². The SMILES string of the molecule is Cc1cccc(C(=O)N(CCCC(=O)Oc2ccccc2)OC(C)c2ccc(CC(C)C)cc2)c1C. The molecular weight excluding hydrogens is 450 g/mol. The molecule has 0 fully saturated rings. The highest BCUT2D eigenvalue weighted by molar-refractivity contribution is 5.95. The molecule has 3 aromatic rings. The van der Waals surface area contributed by atoms with E-state index in [-0.39, 0.29) is 30.9 Å². The van der Waals surface area contributed by atoms with Gasteiger partial charge in [-0.05, 0) is 80.0 Å². The van der Waals surface area contributed by atoms with Gasteiger partial charge in [-0.25, -0.2) is 5.06 Å². The van der Waals surface area contributed by atoms with Crippen molar-refractivity contribution in [2.75, 3.05) is 6.54 Å². The first-order valence-corrected chi connectivity index (χ1v) is 12.6. The van der Waals surface area contributed by atoms with Crippen LogP contribution >= 0.6 is 0 Å². The smallest absolute Gasteiger partial charge is 0.311 e. The molecule has 0 saturated carbocycles. The van der Waals surface area contributed by atoms with Crippen LogP contribution in [0, 0.1) is 19.8 Å². The maximum atomic E-state index is 13.5. The molecule has 1 atom stereocenters. The second-order valence-electron chi connectivity index (χ2n) is 9.63. The Kier molecular flexibility index (Phi) is 9.83. The lowest BCUT2D eigenvalue weighted by molar-refractivity contribution is -0.162. The van der Waals surface area contributed by atoms with E-state index >= 15 is 0 Å². The molecule has 5 heteroatoms. The Morgan fingerprint density at radius 2 is 1.56 bits per heavy atom. The van der Waals surface area contributed by atoms with Crippen molar-refractivity contribution in [3.8, 4) is 5.75 Å². The molecule has 0 heterocycles. The molecular formula is C31H37NO4. The zero-order valence-corrected chi connectivity index (χ0v) is 22.0. The van der Waals surface area contributed by atoms with Gasteiger partial charge in [0.15, 0.2) is 0 Å². The van der Waals surface area contributed by atoms with E-state index in [9.17, 15) is 9.59 Å². The Morgan fingerprint density at radius 3 is 2.22 bits per heavy atom. The van der Waals surface area contributed by atoms with Crippen LogP contribution < -0.4 is 4.74 Å². The van der Waals surface area contributed by atoms with Crippen molar-refractivity contribution >= 4 is 11.9 Å². The molecule has 1 amide bonds. The predicted octanol–water partition coefficient (Wildman–Crippen LogP) is 7.02. The zero-order valence-electron chi connectivity index (χ0n) is 22.0. The predicted molar refractivity (Wildman–Crippen MR) is 143 cm³/mol. The lowest BCUT2D eigenvalue weighted by Gasteiger charge is -2.27. The molecule has 0 saturated heterocycles. The Labute approximate surface area is 215 Å². The van der Waals surface area contributed by atoms with Crippen LogP contribution in [0.2, 0.25) is 0 Å². The summed E-state index contributed by atoms with van der Waals surface area (Å²) in [6, 6.07) is 23.0. The average molecular weight is 488 g/mol. The van der Waals surface area contributed by atoms with Crippen LogP contribution in [-0.4, -0.2) is 23.5 Å². The largest absolute Gasteiger partial charge is 0.427 e. The van der Waals surface area contributed by atoms with Crippen LogP contribution in [0.15, 0.2) is 72.8 Å². The molecule has 0 aliphatic heterocycles.